The third-order valence-corrected chi connectivity index (χ3v) is 2.16. The van der Waals surface area contributed by atoms with E-state index in [1.165, 1.54) is 48.5 Å². The van der Waals surface area contributed by atoms with E-state index >= 15 is 0 Å². The van der Waals surface area contributed by atoms with Gasteiger partial charge in [-0.3, -0.25) is 0 Å². The van der Waals surface area contributed by atoms with Crippen molar-refractivity contribution >= 4 is 23.7 Å². The minimum Gasteiger partial charge on any atom is -0.514 e. The molecule has 0 heterocycles. The van der Waals surface area contributed by atoms with Crippen LogP contribution in [-0.2, 0) is 21.1 Å². The Labute approximate surface area is 145 Å². The van der Waals surface area contributed by atoms with Crippen LogP contribution in [0.5, 0.6) is 11.5 Å². The molecule has 0 unspecified atom stereocenters. The summed E-state index contributed by atoms with van der Waals surface area (Å²) in [4.78, 5) is 19.8. The number of carbonyl (C=O) groups excluding carboxylic acids is 2. The maximum Gasteiger partial charge on any atom is 2.00 e. The van der Waals surface area contributed by atoms with Crippen LogP contribution in [0.15, 0.2) is 48.5 Å². The summed E-state index contributed by atoms with van der Waals surface area (Å²) in [6, 6.07) is 12.0. The van der Waals surface area contributed by atoms with Crippen molar-refractivity contribution in [2.24, 2.45) is 0 Å². The molecular weight excluding hydrogens is 388 g/mol. The smallest absolute Gasteiger partial charge is 0.514 e. The Morgan fingerprint density at radius 2 is 0.957 bits per heavy atom. The second-order valence-electron chi connectivity index (χ2n) is 3.84. The molecule has 120 valence electrons. The zero-order valence-corrected chi connectivity index (χ0v) is 13.6. The monoisotopic (exact) mass is 402 g/mol. The first-order valence-electron chi connectivity index (χ1n) is 5.85. The fraction of sp³-hybridized carbons (Fsp3) is 0. The summed E-state index contributed by atoms with van der Waals surface area (Å²) < 4.78 is 8.44. The van der Waals surface area contributed by atoms with Crippen molar-refractivity contribution in [1.82, 2.24) is 0 Å². The maximum absolute atomic E-state index is 9.89. The number of hydrogen-bond donors (Lipinski definition) is 2. The normalized spacial score (nSPS) is 8.70. The molecule has 0 saturated carbocycles. The number of hydrogen-bond acceptors (Lipinski definition) is 8. The van der Waals surface area contributed by atoms with Gasteiger partial charge in [0.05, 0.1) is 11.5 Å². The summed E-state index contributed by atoms with van der Waals surface area (Å²) >= 11 is 0. The van der Waals surface area contributed by atoms with Crippen molar-refractivity contribution in [2.75, 3.05) is 11.5 Å². The van der Waals surface area contributed by atoms with Crippen LogP contribution in [0.1, 0.15) is 0 Å². The topological polar surface area (TPSA) is 151 Å². The van der Waals surface area contributed by atoms with Crippen LogP contribution in [0.3, 0.4) is 0 Å². The van der Waals surface area contributed by atoms with E-state index in [2.05, 4.69) is 9.47 Å². The van der Waals surface area contributed by atoms with Crippen LogP contribution in [0.25, 0.3) is 0 Å². The molecule has 0 bridgehead atoms. The fourth-order valence-corrected chi connectivity index (χ4v) is 1.26. The second-order valence-corrected chi connectivity index (χ2v) is 3.84. The van der Waals surface area contributed by atoms with Crippen molar-refractivity contribution < 1.29 is 50.3 Å². The second kappa shape index (κ2) is 10.1. The molecular formula is C14H12MoN2O6. The van der Waals surface area contributed by atoms with Gasteiger partial charge in [0, 0.05) is 11.4 Å². The molecule has 0 spiro atoms. The molecule has 0 aromatic heterocycles. The van der Waals surface area contributed by atoms with Gasteiger partial charge in [-0.25, -0.2) is 0 Å². The van der Waals surface area contributed by atoms with Crippen LogP contribution in [-0.4, -0.2) is 12.3 Å². The van der Waals surface area contributed by atoms with E-state index in [-0.39, 0.29) is 32.6 Å². The summed E-state index contributed by atoms with van der Waals surface area (Å²) in [5.41, 5.74) is 11.8. The molecule has 0 radical (unpaired) electrons. The summed E-state index contributed by atoms with van der Waals surface area (Å²) in [5, 5.41) is 19.8. The van der Waals surface area contributed by atoms with Gasteiger partial charge in [0.15, 0.2) is 0 Å². The average Bonchev–Trinajstić information content (AvgIpc) is 2.44. The number of nitrogen functional groups attached to an aromatic ring is 2. The van der Waals surface area contributed by atoms with E-state index in [1.807, 2.05) is 0 Å². The number of rotatable bonds is 2. The molecule has 23 heavy (non-hydrogen) atoms. The van der Waals surface area contributed by atoms with Crippen LogP contribution < -0.4 is 31.2 Å². The van der Waals surface area contributed by atoms with E-state index in [0.29, 0.717) is 11.4 Å². The predicted octanol–water partition coefficient (Wildman–Crippen LogP) is -0.0207. The molecule has 9 heteroatoms. The van der Waals surface area contributed by atoms with Gasteiger partial charge in [-0.1, -0.05) is 0 Å². The maximum atomic E-state index is 9.89. The Kier molecular flexibility index (Phi) is 8.88. The molecule has 0 aliphatic carbocycles. The fourth-order valence-electron chi connectivity index (χ4n) is 1.26. The van der Waals surface area contributed by atoms with Crippen LogP contribution in [0.4, 0.5) is 21.0 Å². The summed E-state index contributed by atoms with van der Waals surface area (Å²) in [5.74, 6) is 0.415. The first-order valence-corrected chi connectivity index (χ1v) is 5.85. The van der Waals surface area contributed by atoms with E-state index in [1.54, 1.807) is 0 Å². The van der Waals surface area contributed by atoms with E-state index in [0.717, 1.165) is 0 Å². The van der Waals surface area contributed by atoms with Gasteiger partial charge in [0.1, 0.15) is 0 Å². The summed E-state index contributed by atoms with van der Waals surface area (Å²) in [7, 11) is 0. The van der Waals surface area contributed by atoms with Crippen LogP contribution in [0.2, 0.25) is 0 Å². The number of ether oxygens (including phenoxy) is 2. The molecule has 0 amide bonds. The van der Waals surface area contributed by atoms with Crippen molar-refractivity contribution in [1.29, 1.82) is 0 Å². The van der Waals surface area contributed by atoms with Gasteiger partial charge in [0.25, 0.3) is 12.3 Å². The Balaban J connectivity index is 0.000000403. The number of benzene rings is 2. The predicted molar refractivity (Wildman–Crippen MR) is 73.8 cm³/mol. The van der Waals surface area contributed by atoms with Gasteiger partial charge >= 0.3 is 21.1 Å². The molecule has 0 atom stereocenters. The molecule has 4 N–H and O–H groups in total. The van der Waals surface area contributed by atoms with Crippen LogP contribution >= 0.6 is 0 Å². The van der Waals surface area contributed by atoms with E-state index in [4.69, 9.17) is 11.5 Å². The van der Waals surface area contributed by atoms with Gasteiger partial charge < -0.3 is 40.7 Å². The molecule has 2 aromatic rings. The Morgan fingerprint density at radius 1 is 0.696 bits per heavy atom. The van der Waals surface area contributed by atoms with Gasteiger partial charge in [-0.05, 0) is 48.5 Å². The Morgan fingerprint density at radius 3 is 1.17 bits per heavy atom. The largest absolute Gasteiger partial charge is 2.00 e. The van der Waals surface area contributed by atoms with Crippen molar-refractivity contribution in [2.45, 2.75) is 0 Å². The molecule has 2 rings (SSSR count). The number of carbonyl (C=O) groups is 2. The van der Waals surface area contributed by atoms with Crippen molar-refractivity contribution in [3.8, 4) is 11.5 Å². The summed E-state index contributed by atoms with van der Waals surface area (Å²) in [6.45, 7) is 0. The van der Waals surface area contributed by atoms with Crippen molar-refractivity contribution in [3.05, 3.63) is 48.5 Å². The molecule has 2 aromatic carbocycles. The third-order valence-electron chi connectivity index (χ3n) is 2.16. The number of carboxylic acid groups (broad SMARTS) is 2. The van der Waals surface area contributed by atoms with Gasteiger partial charge in [0.2, 0.25) is 0 Å². The number of anilines is 2. The van der Waals surface area contributed by atoms with Crippen LogP contribution in [0, 0.1) is 0 Å². The zero-order chi connectivity index (χ0) is 16.5. The third kappa shape index (κ3) is 9.00. The quantitative estimate of drug-likeness (QED) is 0.309. The first kappa shape index (κ1) is 20.3. The minimum atomic E-state index is -1.57. The van der Waals surface area contributed by atoms with E-state index in [9.17, 15) is 19.8 Å². The van der Waals surface area contributed by atoms with Crippen molar-refractivity contribution in [3.63, 3.8) is 0 Å². The SMILES string of the molecule is Nc1ccc(OC(=O)[O-])cc1.Nc1ccc(OC(=O)[O-])cc1.[Mo+2]. The molecule has 0 aliphatic heterocycles. The molecule has 0 saturated heterocycles. The zero-order valence-electron chi connectivity index (χ0n) is 11.6. The Bertz CT molecular complexity index is 573. The van der Waals surface area contributed by atoms with Gasteiger partial charge in [-0.2, -0.15) is 0 Å². The molecule has 0 aliphatic rings. The molecule has 0 fully saturated rings. The van der Waals surface area contributed by atoms with E-state index < -0.39 is 12.3 Å². The van der Waals surface area contributed by atoms with Gasteiger partial charge in [-0.15, -0.1) is 0 Å². The summed E-state index contributed by atoms with van der Waals surface area (Å²) in [6.07, 6.45) is -3.15. The minimum absolute atomic E-state index is 0. The standard InChI is InChI=1S/2C7H7NO3.Mo/c2*8-5-1-3-6(4-2-5)11-7(9)10;/h2*1-4H,8H2,(H,9,10);/q;;+2/p-2. The Hall–Kier alpha value is -2.73. The first-order chi connectivity index (χ1) is 10.4. The average molecular weight is 400 g/mol. The molecule has 8 nitrogen and oxygen atoms in total. The number of nitrogens with two attached hydrogens (primary N) is 2.